The third-order valence-electron chi connectivity index (χ3n) is 2.90. The molecule has 1 aliphatic rings. The lowest BCUT2D eigenvalue weighted by molar-refractivity contribution is 0.570. The fraction of sp³-hybridized carbons (Fsp3) is 0.500. The number of nitrogens with two attached hydrogens (primary N) is 1. The molecular formula is C12H17BrN2. The summed E-state index contributed by atoms with van der Waals surface area (Å²) in [5.41, 5.74) is 7.46. The Morgan fingerprint density at radius 2 is 2.07 bits per heavy atom. The third kappa shape index (κ3) is 3.30. The number of halogens is 1. The summed E-state index contributed by atoms with van der Waals surface area (Å²) >= 11 is 3.55. The topological polar surface area (TPSA) is 38.0 Å². The molecule has 3 heteroatoms. The highest BCUT2D eigenvalue weighted by Gasteiger charge is 2.37. The van der Waals surface area contributed by atoms with Gasteiger partial charge in [-0.3, -0.25) is 0 Å². The molecule has 0 saturated heterocycles. The normalized spacial score (nSPS) is 17.7. The molecule has 0 heterocycles. The van der Waals surface area contributed by atoms with Crippen molar-refractivity contribution in [2.45, 2.75) is 24.8 Å². The summed E-state index contributed by atoms with van der Waals surface area (Å²) < 4.78 is 1.20. The quantitative estimate of drug-likeness (QED) is 0.803. The van der Waals surface area contributed by atoms with Gasteiger partial charge in [-0.1, -0.05) is 34.1 Å². The van der Waals surface area contributed by atoms with Crippen LogP contribution in [-0.4, -0.2) is 18.6 Å². The van der Waals surface area contributed by atoms with Crippen LogP contribution in [0.25, 0.3) is 0 Å². The maximum Gasteiger partial charge on any atom is 0.0282 e. The van der Waals surface area contributed by atoms with E-state index in [-0.39, 0.29) is 5.54 Å². The zero-order valence-electron chi connectivity index (χ0n) is 8.80. The van der Waals surface area contributed by atoms with Gasteiger partial charge in [0, 0.05) is 16.6 Å². The van der Waals surface area contributed by atoms with Crippen LogP contribution in [0.3, 0.4) is 0 Å². The van der Waals surface area contributed by atoms with Gasteiger partial charge in [0.05, 0.1) is 0 Å². The summed E-state index contributed by atoms with van der Waals surface area (Å²) in [6, 6.07) is 8.35. The number of hydrogen-bond acceptors (Lipinski definition) is 2. The fourth-order valence-electron chi connectivity index (χ4n) is 1.60. The van der Waals surface area contributed by atoms with Crippen LogP contribution >= 0.6 is 15.9 Å². The molecule has 2 nitrogen and oxygen atoms in total. The van der Waals surface area contributed by atoms with E-state index in [0.29, 0.717) is 0 Å². The predicted molar refractivity (Wildman–Crippen MR) is 66.9 cm³/mol. The van der Waals surface area contributed by atoms with Crippen molar-refractivity contribution in [2.24, 2.45) is 5.73 Å². The number of hydrogen-bond donors (Lipinski definition) is 2. The molecule has 0 spiro atoms. The lowest BCUT2D eigenvalue weighted by Gasteiger charge is -2.10. The third-order valence-corrected chi connectivity index (χ3v) is 3.67. The van der Waals surface area contributed by atoms with E-state index in [1.807, 2.05) is 6.07 Å². The molecule has 0 unspecified atom stereocenters. The summed E-state index contributed by atoms with van der Waals surface area (Å²) in [5.74, 6) is 0. The average Bonchev–Trinajstić information content (AvgIpc) is 2.94. The Morgan fingerprint density at radius 1 is 1.33 bits per heavy atom. The number of benzene rings is 1. The zero-order chi connectivity index (χ0) is 10.7. The molecule has 0 aromatic heterocycles. The van der Waals surface area contributed by atoms with Gasteiger partial charge in [-0.25, -0.2) is 0 Å². The first-order chi connectivity index (χ1) is 7.20. The van der Waals surface area contributed by atoms with E-state index in [9.17, 15) is 0 Å². The molecule has 82 valence electrons. The van der Waals surface area contributed by atoms with Gasteiger partial charge < -0.3 is 11.1 Å². The largest absolute Gasteiger partial charge is 0.324 e. The Kier molecular flexibility index (Phi) is 3.44. The average molecular weight is 269 g/mol. The van der Waals surface area contributed by atoms with E-state index >= 15 is 0 Å². The monoisotopic (exact) mass is 268 g/mol. The van der Waals surface area contributed by atoms with Gasteiger partial charge in [0.25, 0.3) is 0 Å². The fourth-order valence-corrected chi connectivity index (χ4v) is 2.08. The van der Waals surface area contributed by atoms with Gasteiger partial charge in [-0.2, -0.15) is 0 Å². The van der Waals surface area contributed by atoms with Gasteiger partial charge in [0.1, 0.15) is 0 Å². The second-order valence-corrected chi connectivity index (χ2v) is 5.23. The van der Waals surface area contributed by atoms with Crippen LogP contribution in [0, 0.1) is 0 Å². The van der Waals surface area contributed by atoms with E-state index in [2.05, 4.69) is 39.4 Å². The lowest BCUT2D eigenvalue weighted by atomic mass is 10.1. The molecule has 0 amide bonds. The van der Waals surface area contributed by atoms with Gasteiger partial charge in [0.2, 0.25) is 0 Å². The zero-order valence-corrected chi connectivity index (χ0v) is 10.4. The minimum atomic E-state index is 0.119. The second-order valence-electron chi connectivity index (χ2n) is 4.38. The Balaban J connectivity index is 1.71. The Morgan fingerprint density at radius 3 is 2.73 bits per heavy atom. The first-order valence-corrected chi connectivity index (χ1v) is 6.22. The van der Waals surface area contributed by atoms with E-state index in [4.69, 9.17) is 5.73 Å². The number of rotatable bonds is 5. The molecule has 1 aromatic carbocycles. The predicted octanol–water partition coefficient (Wildman–Crippen LogP) is 2.07. The molecule has 1 fully saturated rings. The first-order valence-electron chi connectivity index (χ1n) is 5.43. The van der Waals surface area contributed by atoms with Crippen molar-refractivity contribution < 1.29 is 0 Å². The molecule has 1 saturated carbocycles. The Labute approximate surface area is 99.4 Å². The van der Waals surface area contributed by atoms with Gasteiger partial charge in [0.15, 0.2) is 0 Å². The van der Waals surface area contributed by atoms with Crippen LogP contribution < -0.4 is 11.1 Å². The molecule has 2 rings (SSSR count). The molecule has 0 atom stereocenters. The molecule has 1 aliphatic carbocycles. The van der Waals surface area contributed by atoms with E-state index in [1.54, 1.807) is 0 Å². The Bertz CT molecular complexity index is 334. The van der Waals surface area contributed by atoms with Gasteiger partial charge in [-0.15, -0.1) is 0 Å². The van der Waals surface area contributed by atoms with Gasteiger partial charge >= 0.3 is 0 Å². The van der Waals surface area contributed by atoms with Crippen molar-refractivity contribution in [3.63, 3.8) is 0 Å². The summed E-state index contributed by atoms with van der Waals surface area (Å²) in [6.45, 7) is 1.96. The van der Waals surface area contributed by atoms with Crippen molar-refractivity contribution in [3.05, 3.63) is 34.3 Å². The van der Waals surface area contributed by atoms with E-state index in [1.165, 1.54) is 22.9 Å². The summed E-state index contributed by atoms with van der Waals surface area (Å²) in [6.07, 6.45) is 3.40. The summed E-state index contributed by atoms with van der Waals surface area (Å²) in [4.78, 5) is 0. The second kappa shape index (κ2) is 4.64. The molecular weight excluding hydrogens is 252 g/mol. The first kappa shape index (κ1) is 11.1. The van der Waals surface area contributed by atoms with E-state index < -0.39 is 0 Å². The molecule has 0 aliphatic heterocycles. The summed E-state index contributed by atoms with van der Waals surface area (Å²) in [5, 5.41) is 3.42. The molecule has 0 radical (unpaired) electrons. The van der Waals surface area contributed by atoms with Crippen molar-refractivity contribution in [2.75, 3.05) is 13.1 Å². The maximum atomic E-state index is 5.98. The van der Waals surface area contributed by atoms with Gasteiger partial charge in [-0.05, 0) is 37.4 Å². The molecule has 0 bridgehead atoms. The lowest BCUT2D eigenvalue weighted by Crippen LogP contribution is -2.36. The SMILES string of the molecule is NC1(CNCCc2ccccc2Br)CC1. The highest BCUT2D eigenvalue weighted by Crippen LogP contribution is 2.30. The minimum absolute atomic E-state index is 0.119. The minimum Gasteiger partial charge on any atom is -0.324 e. The van der Waals surface area contributed by atoms with E-state index in [0.717, 1.165) is 19.5 Å². The van der Waals surface area contributed by atoms with Crippen molar-refractivity contribution >= 4 is 15.9 Å². The molecule has 15 heavy (non-hydrogen) atoms. The van der Waals surface area contributed by atoms with Crippen LogP contribution in [0.2, 0.25) is 0 Å². The highest BCUT2D eigenvalue weighted by atomic mass is 79.9. The molecule has 1 aromatic rings. The van der Waals surface area contributed by atoms with Crippen molar-refractivity contribution in [3.8, 4) is 0 Å². The van der Waals surface area contributed by atoms with Crippen LogP contribution in [0.15, 0.2) is 28.7 Å². The summed E-state index contributed by atoms with van der Waals surface area (Å²) in [7, 11) is 0. The number of nitrogens with one attached hydrogen (secondary N) is 1. The van der Waals surface area contributed by atoms with Crippen LogP contribution in [-0.2, 0) is 6.42 Å². The van der Waals surface area contributed by atoms with Crippen LogP contribution in [0.4, 0.5) is 0 Å². The van der Waals surface area contributed by atoms with Crippen molar-refractivity contribution in [1.29, 1.82) is 0 Å². The maximum absolute atomic E-state index is 5.98. The van der Waals surface area contributed by atoms with Crippen LogP contribution in [0.5, 0.6) is 0 Å². The smallest absolute Gasteiger partial charge is 0.0282 e. The molecule has 3 N–H and O–H groups in total. The standard InChI is InChI=1S/C12H17BrN2/c13-11-4-2-1-3-10(11)5-8-15-9-12(14)6-7-12/h1-4,15H,5-9,14H2. The Hall–Kier alpha value is -0.380. The highest BCUT2D eigenvalue weighted by molar-refractivity contribution is 9.10. The van der Waals surface area contributed by atoms with Crippen LogP contribution in [0.1, 0.15) is 18.4 Å². The van der Waals surface area contributed by atoms with Crippen molar-refractivity contribution in [1.82, 2.24) is 5.32 Å².